The zero-order valence-corrected chi connectivity index (χ0v) is 11.5. The fraction of sp³-hybridized carbons (Fsp3) is 0.333. The van der Waals surface area contributed by atoms with Crippen LogP contribution in [0, 0.1) is 10.1 Å². The van der Waals surface area contributed by atoms with Crippen LogP contribution in [-0.4, -0.2) is 35.2 Å². The summed E-state index contributed by atoms with van der Waals surface area (Å²) in [5, 5.41) is 24.1. The number of amides is 2. The van der Waals surface area contributed by atoms with Crippen molar-refractivity contribution in [2.24, 2.45) is 0 Å². The van der Waals surface area contributed by atoms with E-state index in [9.17, 15) is 19.7 Å². The second-order valence-electron chi connectivity index (χ2n) is 4.24. The topological polar surface area (TPSA) is 131 Å². The third kappa shape index (κ3) is 4.97. The van der Waals surface area contributed by atoms with E-state index in [0.29, 0.717) is 0 Å². The van der Waals surface area contributed by atoms with Crippen LogP contribution in [0.4, 0.5) is 16.2 Å². The molecule has 1 rings (SSSR count). The number of benzene rings is 1. The van der Waals surface area contributed by atoms with Gasteiger partial charge in [0.25, 0.3) is 5.69 Å². The number of carbonyl (C=O) groups excluding carboxylic acids is 1. The van der Waals surface area contributed by atoms with Crippen LogP contribution in [0.2, 0.25) is 0 Å². The average molecular weight is 297 g/mol. The summed E-state index contributed by atoms with van der Waals surface area (Å²) in [7, 11) is 1.36. The number of hydrogen-bond acceptors (Lipinski definition) is 5. The predicted molar refractivity (Wildman–Crippen MR) is 73.5 cm³/mol. The molecule has 0 fully saturated rings. The van der Waals surface area contributed by atoms with Crippen LogP contribution in [0.3, 0.4) is 0 Å². The van der Waals surface area contributed by atoms with Crippen molar-refractivity contribution in [3.63, 3.8) is 0 Å². The van der Waals surface area contributed by atoms with Crippen LogP contribution in [0.25, 0.3) is 0 Å². The minimum atomic E-state index is -1.05. The number of nitrogens with zero attached hydrogens (tertiary/aromatic N) is 1. The van der Waals surface area contributed by atoms with E-state index < -0.39 is 23.0 Å². The summed E-state index contributed by atoms with van der Waals surface area (Å²) < 4.78 is 4.99. The van der Waals surface area contributed by atoms with Crippen LogP contribution >= 0.6 is 0 Å². The zero-order chi connectivity index (χ0) is 16.0. The number of carboxylic acid groups (broad SMARTS) is 1. The number of nitro groups is 1. The molecule has 0 aliphatic carbocycles. The lowest BCUT2D eigenvalue weighted by molar-refractivity contribution is -0.384. The van der Waals surface area contributed by atoms with Crippen molar-refractivity contribution in [1.29, 1.82) is 0 Å². The summed E-state index contributed by atoms with van der Waals surface area (Å²) in [6.07, 6.45) is -0.237. The Labute approximate surface area is 120 Å². The molecule has 0 spiro atoms. The van der Waals surface area contributed by atoms with Crippen molar-refractivity contribution < 1.29 is 24.4 Å². The summed E-state index contributed by atoms with van der Waals surface area (Å²) in [4.78, 5) is 32.3. The minimum Gasteiger partial charge on any atom is -0.495 e. The van der Waals surface area contributed by atoms with E-state index in [-0.39, 0.29) is 23.5 Å². The van der Waals surface area contributed by atoms with Crippen LogP contribution in [0.15, 0.2) is 18.2 Å². The Hall–Kier alpha value is -2.84. The number of carbonyl (C=O) groups is 2. The molecule has 21 heavy (non-hydrogen) atoms. The number of rotatable bonds is 6. The Bertz CT molecular complexity index is 560. The van der Waals surface area contributed by atoms with E-state index >= 15 is 0 Å². The lowest BCUT2D eigenvalue weighted by Gasteiger charge is -2.14. The van der Waals surface area contributed by atoms with Gasteiger partial charge in [-0.15, -0.1) is 0 Å². The Morgan fingerprint density at radius 3 is 2.67 bits per heavy atom. The summed E-state index contributed by atoms with van der Waals surface area (Å²) in [6, 6.07) is 2.48. The fourth-order valence-electron chi connectivity index (χ4n) is 1.60. The molecule has 0 saturated carbocycles. The van der Waals surface area contributed by atoms with E-state index in [0.717, 1.165) is 6.07 Å². The quantitative estimate of drug-likeness (QED) is 0.539. The van der Waals surface area contributed by atoms with Gasteiger partial charge in [-0.1, -0.05) is 0 Å². The van der Waals surface area contributed by atoms with Crippen LogP contribution in [-0.2, 0) is 4.79 Å². The monoisotopic (exact) mass is 297 g/mol. The van der Waals surface area contributed by atoms with Gasteiger partial charge in [0, 0.05) is 18.2 Å². The number of ether oxygens (including phenoxy) is 1. The molecule has 2 amide bonds. The van der Waals surface area contributed by atoms with E-state index in [1.165, 1.54) is 26.2 Å². The summed E-state index contributed by atoms with van der Waals surface area (Å²) in [5.41, 5.74) is -0.0867. The standard InChI is InChI=1S/C12H15N3O6/c1-7(5-11(16)17)13-12(18)14-9-6-8(15(19)20)3-4-10(9)21-2/h3-4,6-7H,5H2,1-2H3,(H,16,17)(H2,13,14,18). The first-order valence-corrected chi connectivity index (χ1v) is 5.95. The number of nitrogens with one attached hydrogen (secondary N) is 2. The van der Waals surface area contributed by atoms with Crippen molar-refractivity contribution in [3.05, 3.63) is 28.3 Å². The van der Waals surface area contributed by atoms with Crippen molar-refractivity contribution in [2.45, 2.75) is 19.4 Å². The Kier molecular flexibility index (Phi) is 5.47. The molecule has 0 aromatic heterocycles. The lowest BCUT2D eigenvalue weighted by Crippen LogP contribution is -2.37. The maximum absolute atomic E-state index is 11.7. The van der Waals surface area contributed by atoms with Gasteiger partial charge < -0.3 is 20.5 Å². The maximum atomic E-state index is 11.7. The third-order valence-electron chi connectivity index (χ3n) is 2.50. The van der Waals surface area contributed by atoms with Gasteiger partial charge in [-0.3, -0.25) is 14.9 Å². The van der Waals surface area contributed by atoms with Crippen LogP contribution in [0.1, 0.15) is 13.3 Å². The van der Waals surface area contributed by atoms with Gasteiger partial charge in [-0.05, 0) is 13.0 Å². The number of urea groups is 1. The first kappa shape index (κ1) is 16.2. The highest BCUT2D eigenvalue weighted by molar-refractivity contribution is 5.91. The van der Waals surface area contributed by atoms with Crippen LogP contribution < -0.4 is 15.4 Å². The molecule has 1 aromatic carbocycles. The summed E-state index contributed by atoms with van der Waals surface area (Å²) in [6.45, 7) is 1.53. The van der Waals surface area contributed by atoms with Crippen molar-refractivity contribution in [1.82, 2.24) is 5.32 Å². The smallest absolute Gasteiger partial charge is 0.319 e. The SMILES string of the molecule is COc1ccc([N+](=O)[O-])cc1NC(=O)NC(C)CC(=O)O. The normalized spacial score (nSPS) is 11.3. The number of nitro benzene ring substituents is 1. The van der Waals surface area contributed by atoms with Gasteiger partial charge in [0.05, 0.1) is 24.1 Å². The van der Waals surface area contributed by atoms with E-state index in [4.69, 9.17) is 9.84 Å². The molecule has 3 N–H and O–H groups in total. The number of non-ortho nitro benzene ring substituents is 1. The average Bonchev–Trinajstić information content (AvgIpc) is 2.37. The minimum absolute atomic E-state index is 0.117. The Morgan fingerprint density at radius 2 is 2.14 bits per heavy atom. The summed E-state index contributed by atoms with van der Waals surface area (Å²) in [5.74, 6) is -0.794. The third-order valence-corrected chi connectivity index (χ3v) is 2.50. The second-order valence-corrected chi connectivity index (χ2v) is 4.24. The van der Waals surface area contributed by atoms with Gasteiger partial charge in [-0.2, -0.15) is 0 Å². The van der Waals surface area contributed by atoms with Gasteiger partial charge in [0.2, 0.25) is 0 Å². The molecule has 0 saturated heterocycles. The van der Waals surface area contributed by atoms with Gasteiger partial charge in [0.15, 0.2) is 0 Å². The second kappa shape index (κ2) is 7.08. The molecule has 1 aromatic rings. The molecule has 0 aliphatic heterocycles. The molecule has 1 unspecified atom stereocenters. The molecule has 0 bridgehead atoms. The molecular formula is C12H15N3O6. The van der Waals surface area contributed by atoms with Crippen LogP contribution in [0.5, 0.6) is 5.75 Å². The number of hydrogen-bond donors (Lipinski definition) is 3. The highest BCUT2D eigenvalue weighted by atomic mass is 16.6. The summed E-state index contributed by atoms with van der Waals surface area (Å²) >= 11 is 0. The number of anilines is 1. The number of carboxylic acids is 1. The highest BCUT2D eigenvalue weighted by Crippen LogP contribution is 2.28. The molecule has 9 nitrogen and oxygen atoms in total. The molecule has 1 atom stereocenters. The number of methoxy groups -OCH3 is 1. The Balaban J connectivity index is 2.80. The molecule has 0 radical (unpaired) electrons. The molecule has 0 heterocycles. The molecular weight excluding hydrogens is 282 g/mol. The molecule has 9 heteroatoms. The Morgan fingerprint density at radius 1 is 1.48 bits per heavy atom. The van der Waals surface area contributed by atoms with E-state index in [2.05, 4.69) is 10.6 Å². The van der Waals surface area contributed by atoms with E-state index in [1.54, 1.807) is 0 Å². The first-order valence-electron chi connectivity index (χ1n) is 5.95. The highest BCUT2D eigenvalue weighted by Gasteiger charge is 2.15. The first-order chi connectivity index (χ1) is 9.83. The largest absolute Gasteiger partial charge is 0.495 e. The molecule has 0 aliphatic rings. The van der Waals surface area contributed by atoms with E-state index in [1.807, 2.05) is 0 Å². The van der Waals surface area contributed by atoms with Crippen molar-refractivity contribution >= 4 is 23.4 Å². The van der Waals surface area contributed by atoms with Crippen molar-refractivity contribution in [3.8, 4) is 5.75 Å². The maximum Gasteiger partial charge on any atom is 0.319 e. The van der Waals surface area contributed by atoms with Gasteiger partial charge in [-0.25, -0.2) is 4.79 Å². The molecule has 114 valence electrons. The predicted octanol–water partition coefficient (Wildman–Crippen LogP) is 1.59. The lowest BCUT2D eigenvalue weighted by atomic mass is 10.2. The van der Waals surface area contributed by atoms with Gasteiger partial charge >= 0.3 is 12.0 Å². The zero-order valence-electron chi connectivity index (χ0n) is 11.5. The fourth-order valence-corrected chi connectivity index (χ4v) is 1.60. The number of aliphatic carboxylic acids is 1. The van der Waals surface area contributed by atoms with Gasteiger partial charge in [0.1, 0.15) is 5.75 Å². The van der Waals surface area contributed by atoms with Crippen molar-refractivity contribution in [2.75, 3.05) is 12.4 Å².